The molecule has 8 heteroatoms. The number of carbonyl (C=O) groups is 1. The molecule has 32 heavy (non-hydrogen) atoms. The topological polar surface area (TPSA) is 76.3 Å². The maximum absolute atomic E-state index is 12.8. The van der Waals surface area contributed by atoms with Crippen molar-refractivity contribution >= 4 is 16.7 Å². The molecular formula is C24H24N6O2. The number of nitrogens with zero attached hydrogens (tertiary/aromatic N) is 6. The molecule has 3 heterocycles. The highest BCUT2D eigenvalue weighted by molar-refractivity contribution is 5.81. The molecule has 0 aliphatic carbocycles. The van der Waals surface area contributed by atoms with Crippen molar-refractivity contribution in [3.8, 4) is 5.69 Å². The summed E-state index contributed by atoms with van der Waals surface area (Å²) in [4.78, 5) is 29.5. The third-order valence-corrected chi connectivity index (χ3v) is 5.83. The van der Waals surface area contributed by atoms with Gasteiger partial charge in [-0.2, -0.15) is 10.2 Å². The fraction of sp³-hybridized carbons (Fsp3) is 0.250. The van der Waals surface area contributed by atoms with Gasteiger partial charge in [0.25, 0.3) is 5.56 Å². The number of para-hydroxylation sites is 1. The molecule has 1 aliphatic heterocycles. The first-order valence-corrected chi connectivity index (χ1v) is 10.7. The second kappa shape index (κ2) is 8.76. The largest absolute Gasteiger partial charge is 0.339 e. The molecule has 0 radical (unpaired) electrons. The van der Waals surface area contributed by atoms with Gasteiger partial charge in [0, 0.05) is 49.9 Å². The molecule has 0 atom stereocenters. The van der Waals surface area contributed by atoms with E-state index in [4.69, 9.17) is 0 Å². The summed E-state index contributed by atoms with van der Waals surface area (Å²) >= 11 is 0. The van der Waals surface area contributed by atoms with Crippen molar-refractivity contribution in [1.82, 2.24) is 29.4 Å². The molecule has 4 aromatic rings. The van der Waals surface area contributed by atoms with Crippen LogP contribution >= 0.6 is 0 Å². The maximum Gasteiger partial charge on any atom is 0.275 e. The highest BCUT2D eigenvalue weighted by atomic mass is 16.2. The molecule has 1 saturated heterocycles. The summed E-state index contributed by atoms with van der Waals surface area (Å²) in [6.07, 6.45) is 5.57. The Hall–Kier alpha value is -3.78. The molecule has 0 unspecified atom stereocenters. The first kappa shape index (κ1) is 20.1. The Balaban J connectivity index is 1.17. The van der Waals surface area contributed by atoms with E-state index in [0.29, 0.717) is 18.5 Å². The molecule has 2 aromatic heterocycles. The molecule has 2 aromatic carbocycles. The minimum absolute atomic E-state index is 0.0342. The van der Waals surface area contributed by atoms with Gasteiger partial charge in [0.1, 0.15) is 6.54 Å². The number of hydrogen-bond donors (Lipinski definition) is 0. The number of piperazine rings is 1. The van der Waals surface area contributed by atoms with Crippen LogP contribution in [0.3, 0.4) is 0 Å². The Morgan fingerprint density at radius 2 is 1.62 bits per heavy atom. The molecule has 0 bridgehead atoms. The van der Waals surface area contributed by atoms with Crippen LogP contribution in [0.25, 0.3) is 16.5 Å². The fourth-order valence-corrected chi connectivity index (χ4v) is 4.05. The van der Waals surface area contributed by atoms with Crippen LogP contribution in [-0.2, 0) is 17.9 Å². The van der Waals surface area contributed by atoms with Gasteiger partial charge in [-0.1, -0.05) is 36.4 Å². The van der Waals surface area contributed by atoms with E-state index in [0.717, 1.165) is 36.3 Å². The van der Waals surface area contributed by atoms with Crippen molar-refractivity contribution < 1.29 is 4.79 Å². The Bertz CT molecular complexity index is 1290. The van der Waals surface area contributed by atoms with Crippen LogP contribution in [0.2, 0.25) is 0 Å². The highest BCUT2D eigenvalue weighted by Crippen LogP contribution is 2.12. The average Bonchev–Trinajstić information content (AvgIpc) is 3.30. The van der Waals surface area contributed by atoms with E-state index in [-0.39, 0.29) is 18.0 Å². The molecule has 0 spiro atoms. The van der Waals surface area contributed by atoms with Crippen molar-refractivity contribution in [3.05, 3.63) is 89.1 Å². The van der Waals surface area contributed by atoms with Gasteiger partial charge < -0.3 is 4.90 Å². The van der Waals surface area contributed by atoms with Gasteiger partial charge >= 0.3 is 0 Å². The third kappa shape index (κ3) is 4.17. The highest BCUT2D eigenvalue weighted by Gasteiger charge is 2.22. The quantitative estimate of drug-likeness (QED) is 0.486. The molecule has 162 valence electrons. The van der Waals surface area contributed by atoms with Gasteiger partial charge in [0.15, 0.2) is 0 Å². The molecular weight excluding hydrogens is 404 g/mol. The lowest BCUT2D eigenvalue weighted by atomic mass is 10.2. The SMILES string of the molecule is O=C(Cn1ncc2ccccc2c1=O)N1CCN(Cc2cnn(-c3ccccc3)c2)CC1. The van der Waals surface area contributed by atoms with E-state index < -0.39 is 0 Å². The third-order valence-electron chi connectivity index (χ3n) is 5.83. The Morgan fingerprint density at radius 1 is 0.875 bits per heavy atom. The standard InChI is InChI=1S/C24H24N6O2/c31-23(18-30-24(32)22-9-5-4-6-20(22)15-26-30)28-12-10-27(11-13-28)16-19-14-25-29(17-19)21-7-2-1-3-8-21/h1-9,14-15,17H,10-13,16,18H2. The molecule has 0 saturated carbocycles. The van der Waals surface area contributed by atoms with Crippen molar-refractivity contribution in [1.29, 1.82) is 0 Å². The van der Waals surface area contributed by atoms with E-state index in [2.05, 4.69) is 15.1 Å². The number of aromatic nitrogens is 4. The van der Waals surface area contributed by atoms with Crippen LogP contribution in [0.4, 0.5) is 0 Å². The minimum Gasteiger partial charge on any atom is -0.339 e. The minimum atomic E-state index is -0.231. The molecule has 0 N–H and O–H groups in total. The summed E-state index contributed by atoms with van der Waals surface area (Å²) in [5.41, 5.74) is 1.94. The monoisotopic (exact) mass is 428 g/mol. The van der Waals surface area contributed by atoms with Gasteiger partial charge in [-0.15, -0.1) is 0 Å². The second-order valence-corrected chi connectivity index (χ2v) is 7.98. The summed E-state index contributed by atoms with van der Waals surface area (Å²) in [7, 11) is 0. The van der Waals surface area contributed by atoms with Crippen LogP contribution in [0.5, 0.6) is 0 Å². The predicted octanol–water partition coefficient (Wildman–Crippen LogP) is 1.93. The van der Waals surface area contributed by atoms with Crippen LogP contribution in [-0.4, -0.2) is 61.4 Å². The van der Waals surface area contributed by atoms with E-state index >= 15 is 0 Å². The van der Waals surface area contributed by atoms with Crippen molar-refractivity contribution in [2.45, 2.75) is 13.1 Å². The predicted molar refractivity (Wildman–Crippen MR) is 121 cm³/mol. The summed E-state index contributed by atoms with van der Waals surface area (Å²) in [5, 5.41) is 10.00. The first-order chi connectivity index (χ1) is 15.7. The van der Waals surface area contributed by atoms with Crippen molar-refractivity contribution in [2.75, 3.05) is 26.2 Å². The number of hydrogen-bond acceptors (Lipinski definition) is 5. The smallest absolute Gasteiger partial charge is 0.275 e. The zero-order valence-corrected chi connectivity index (χ0v) is 17.7. The fourth-order valence-electron chi connectivity index (χ4n) is 4.05. The van der Waals surface area contributed by atoms with Gasteiger partial charge in [-0.05, 0) is 18.2 Å². The number of amides is 1. The first-order valence-electron chi connectivity index (χ1n) is 10.7. The lowest BCUT2D eigenvalue weighted by Gasteiger charge is -2.34. The van der Waals surface area contributed by atoms with E-state index in [1.807, 2.05) is 70.5 Å². The van der Waals surface area contributed by atoms with E-state index in [1.54, 1.807) is 12.3 Å². The number of benzene rings is 2. The van der Waals surface area contributed by atoms with Crippen LogP contribution in [0.1, 0.15) is 5.56 Å². The van der Waals surface area contributed by atoms with Gasteiger partial charge in [-0.25, -0.2) is 9.36 Å². The van der Waals surface area contributed by atoms with Crippen molar-refractivity contribution in [3.63, 3.8) is 0 Å². The molecule has 1 aliphatic rings. The molecule has 1 fully saturated rings. The van der Waals surface area contributed by atoms with Gasteiger partial charge in [0.05, 0.1) is 23.5 Å². The Labute approximate surface area is 185 Å². The van der Waals surface area contributed by atoms with Crippen LogP contribution in [0, 0.1) is 0 Å². The Morgan fingerprint density at radius 3 is 2.44 bits per heavy atom. The number of carbonyl (C=O) groups excluding carboxylic acids is 1. The maximum atomic E-state index is 12.8. The zero-order chi connectivity index (χ0) is 21.9. The summed E-state index contributed by atoms with van der Waals surface area (Å²) < 4.78 is 3.14. The molecule has 8 nitrogen and oxygen atoms in total. The van der Waals surface area contributed by atoms with Gasteiger partial charge in [0.2, 0.25) is 5.91 Å². The molecule has 1 amide bonds. The number of rotatable bonds is 5. The average molecular weight is 428 g/mol. The zero-order valence-electron chi connectivity index (χ0n) is 17.7. The normalized spacial score (nSPS) is 14.7. The van der Waals surface area contributed by atoms with Gasteiger partial charge in [-0.3, -0.25) is 14.5 Å². The second-order valence-electron chi connectivity index (χ2n) is 7.98. The van der Waals surface area contributed by atoms with Crippen LogP contribution < -0.4 is 5.56 Å². The number of fused-ring (bicyclic) bond motifs is 1. The Kier molecular flexibility index (Phi) is 5.51. The molecule has 5 rings (SSSR count). The van der Waals surface area contributed by atoms with Crippen LogP contribution in [0.15, 0.2) is 78.0 Å². The summed E-state index contributed by atoms with van der Waals surface area (Å²) in [6.45, 7) is 3.58. The summed E-state index contributed by atoms with van der Waals surface area (Å²) in [5.74, 6) is -0.0774. The van der Waals surface area contributed by atoms with E-state index in [1.165, 1.54) is 4.68 Å². The van der Waals surface area contributed by atoms with Crippen molar-refractivity contribution in [2.24, 2.45) is 0 Å². The lowest BCUT2D eigenvalue weighted by molar-refractivity contribution is -0.133. The summed E-state index contributed by atoms with van der Waals surface area (Å²) in [6, 6.07) is 17.3. The lowest BCUT2D eigenvalue weighted by Crippen LogP contribution is -2.49. The van der Waals surface area contributed by atoms with E-state index in [9.17, 15) is 9.59 Å².